The molecule has 1 aromatic heterocycles. The molecule has 0 fully saturated rings. The molecule has 3 heteroatoms. The Labute approximate surface area is 69.1 Å². The van der Waals surface area contributed by atoms with Gasteiger partial charge in [0.05, 0.1) is 9.20 Å². The molecule has 0 aliphatic heterocycles. The minimum atomic E-state index is 0.0880. The molecule has 0 atom stereocenters. The summed E-state index contributed by atoms with van der Waals surface area (Å²) in [5.41, 5.74) is 0.0880. The van der Waals surface area contributed by atoms with E-state index in [1.807, 2.05) is 19.9 Å². The maximum atomic E-state index is 11.4. The van der Waals surface area contributed by atoms with Crippen LogP contribution in [-0.4, -0.2) is 4.57 Å². The Morgan fingerprint density at radius 1 is 1.73 bits per heavy atom. The molecule has 0 saturated heterocycles. The molecule has 1 heterocycles. The van der Waals surface area contributed by atoms with Crippen molar-refractivity contribution in [3.63, 3.8) is 0 Å². The van der Waals surface area contributed by atoms with E-state index < -0.39 is 0 Å². The molecule has 0 aliphatic rings. The van der Waals surface area contributed by atoms with E-state index in [0.29, 0.717) is 6.54 Å². The molecule has 0 amide bonds. The Morgan fingerprint density at radius 3 is 2.64 bits per heavy atom. The van der Waals surface area contributed by atoms with Crippen molar-refractivity contribution in [1.29, 1.82) is 0 Å². The van der Waals surface area contributed by atoms with Crippen LogP contribution in [0.25, 0.3) is 12.7 Å². The lowest BCUT2D eigenvalue weighted by Crippen LogP contribution is -2.29. The number of rotatable bonds is 1. The van der Waals surface area contributed by atoms with Crippen molar-refractivity contribution in [2.24, 2.45) is 0 Å². The molecule has 0 saturated carbocycles. The lowest BCUT2D eigenvalue weighted by Gasteiger charge is -1.90. The zero-order valence-electron chi connectivity index (χ0n) is 6.76. The highest BCUT2D eigenvalue weighted by Gasteiger charge is 1.97. The van der Waals surface area contributed by atoms with Crippen LogP contribution < -0.4 is 14.8 Å². The fraction of sp³-hybridized carbons (Fsp3) is 0.375. The SMILES string of the molecule is C=c1s/c(=C\C)c(=O)n1CC. The highest BCUT2D eigenvalue weighted by atomic mass is 32.1. The normalized spacial score (nSPS) is 12.4. The average molecular weight is 169 g/mol. The third kappa shape index (κ3) is 1.28. The first-order valence-corrected chi connectivity index (χ1v) is 4.37. The van der Waals surface area contributed by atoms with Crippen molar-refractivity contribution in [2.75, 3.05) is 0 Å². The van der Waals surface area contributed by atoms with Gasteiger partial charge < -0.3 is 0 Å². The van der Waals surface area contributed by atoms with E-state index in [1.54, 1.807) is 4.57 Å². The van der Waals surface area contributed by atoms with Crippen molar-refractivity contribution < 1.29 is 0 Å². The molecule has 0 spiro atoms. The molecule has 2 nitrogen and oxygen atoms in total. The Morgan fingerprint density at radius 2 is 2.36 bits per heavy atom. The lowest BCUT2D eigenvalue weighted by molar-refractivity contribution is 0.724. The summed E-state index contributed by atoms with van der Waals surface area (Å²) in [6.07, 6.45) is 1.83. The summed E-state index contributed by atoms with van der Waals surface area (Å²) in [5, 5.41) is 0. The maximum absolute atomic E-state index is 11.4. The third-order valence-corrected chi connectivity index (χ3v) is 2.65. The topological polar surface area (TPSA) is 22.0 Å². The molecule has 0 aromatic carbocycles. The van der Waals surface area contributed by atoms with Crippen LogP contribution in [0.5, 0.6) is 0 Å². The quantitative estimate of drug-likeness (QED) is 0.586. The van der Waals surface area contributed by atoms with Crippen LogP contribution in [0.1, 0.15) is 13.8 Å². The number of nitrogens with zero attached hydrogens (tertiary/aromatic N) is 1. The van der Waals surface area contributed by atoms with Crippen LogP contribution in [0.4, 0.5) is 0 Å². The summed E-state index contributed by atoms with van der Waals surface area (Å²) >= 11 is 1.45. The van der Waals surface area contributed by atoms with Crippen molar-refractivity contribution >= 4 is 24.0 Å². The van der Waals surface area contributed by atoms with Gasteiger partial charge in [0.2, 0.25) is 0 Å². The summed E-state index contributed by atoms with van der Waals surface area (Å²) < 4.78 is 3.31. The summed E-state index contributed by atoms with van der Waals surface area (Å²) in [5.74, 6) is 0. The van der Waals surface area contributed by atoms with E-state index >= 15 is 0 Å². The highest BCUT2D eigenvalue weighted by Crippen LogP contribution is 1.73. The minimum Gasteiger partial charge on any atom is -0.300 e. The fourth-order valence-corrected chi connectivity index (χ4v) is 1.87. The molecule has 0 aliphatic carbocycles. The Bertz CT molecular complexity index is 399. The van der Waals surface area contributed by atoms with Gasteiger partial charge in [-0.2, -0.15) is 0 Å². The van der Waals surface area contributed by atoms with Gasteiger partial charge in [0.25, 0.3) is 5.56 Å². The third-order valence-electron chi connectivity index (χ3n) is 1.56. The van der Waals surface area contributed by atoms with E-state index in [0.717, 1.165) is 9.20 Å². The standard InChI is InChI=1S/C8H11NOS/c1-4-7-8(10)9(5-2)6(3)11-7/h4H,3,5H2,1-2H3/b7-4-. The van der Waals surface area contributed by atoms with Crippen molar-refractivity contribution in [3.8, 4) is 0 Å². The smallest absolute Gasteiger partial charge is 0.268 e. The Hall–Kier alpha value is -0.830. The monoisotopic (exact) mass is 169 g/mol. The van der Waals surface area contributed by atoms with Gasteiger partial charge in [-0.3, -0.25) is 9.36 Å². The van der Waals surface area contributed by atoms with E-state index in [1.165, 1.54) is 11.3 Å². The lowest BCUT2D eigenvalue weighted by atomic mass is 10.6. The molecule has 11 heavy (non-hydrogen) atoms. The van der Waals surface area contributed by atoms with Crippen LogP contribution in [-0.2, 0) is 6.54 Å². The number of hydrogen-bond acceptors (Lipinski definition) is 2. The second-order valence-electron chi connectivity index (χ2n) is 2.20. The molecule has 0 radical (unpaired) electrons. The molecule has 0 N–H and O–H groups in total. The van der Waals surface area contributed by atoms with Crippen LogP contribution in [0.15, 0.2) is 4.79 Å². The maximum Gasteiger partial charge on any atom is 0.268 e. The van der Waals surface area contributed by atoms with Gasteiger partial charge in [0.15, 0.2) is 0 Å². The summed E-state index contributed by atoms with van der Waals surface area (Å²) in [4.78, 5) is 11.4. The van der Waals surface area contributed by atoms with E-state index in [2.05, 4.69) is 6.58 Å². The molecule has 0 bridgehead atoms. The molecule has 0 unspecified atom stereocenters. The number of aromatic nitrogens is 1. The second-order valence-corrected chi connectivity index (χ2v) is 3.31. The van der Waals surface area contributed by atoms with Gasteiger partial charge in [0, 0.05) is 6.54 Å². The first-order valence-electron chi connectivity index (χ1n) is 3.55. The van der Waals surface area contributed by atoms with Crippen LogP contribution >= 0.6 is 11.3 Å². The van der Waals surface area contributed by atoms with Crippen molar-refractivity contribution in [3.05, 3.63) is 19.5 Å². The van der Waals surface area contributed by atoms with Gasteiger partial charge in [-0.05, 0) is 13.8 Å². The number of thiazole rings is 1. The first-order chi connectivity index (χ1) is 5.20. The molecular weight excluding hydrogens is 158 g/mol. The molecule has 1 aromatic rings. The molecule has 60 valence electrons. The van der Waals surface area contributed by atoms with Crippen molar-refractivity contribution in [2.45, 2.75) is 20.4 Å². The zero-order chi connectivity index (χ0) is 8.43. The summed E-state index contributed by atoms with van der Waals surface area (Å²) in [6.45, 7) is 8.31. The van der Waals surface area contributed by atoms with Gasteiger partial charge in [-0.15, -0.1) is 11.3 Å². The molecule has 1 rings (SSSR count). The number of hydrogen-bond donors (Lipinski definition) is 0. The predicted molar refractivity (Wildman–Crippen MR) is 49.2 cm³/mol. The van der Waals surface area contributed by atoms with Gasteiger partial charge >= 0.3 is 0 Å². The largest absolute Gasteiger partial charge is 0.300 e. The Kier molecular flexibility index (Phi) is 2.29. The average Bonchev–Trinajstić information content (AvgIpc) is 2.26. The summed E-state index contributed by atoms with van der Waals surface area (Å²) in [6, 6.07) is 0. The summed E-state index contributed by atoms with van der Waals surface area (Å²) in [7, 11) is 0. The highest BCUT2D eigenvalue weighted by molar-refractivity contribution is 7.07. The fourth-order valence-electron chi connectivity index (χ4n) is 0.974. The molecular formula is C8H11NOS. The second kappa shape index (κ2) is 3.05. The van der Waals surface area contributed by atoms with E-state index in [9.17, 15) is 4.79 Å². The van der Waals surface area contributed by atoms with E-state index in [-0.39, 0.29) is 5.56 Å². The predicted octanol–water partition coefficient (Wildman–Crippen LogP) is 0.140. The van der Waals surface area contributed by atoms with Crippen LogP contribution in [0.2, 0.25) is 0 Å². The van der Waals surface area contributed by atoms with Gasteiger partial charge in [0.1, 0.15) is 0 Å². The van der Waals surface area contributed by atoms with Crippen molar-refractivity contribution in [1.82, 2.24) is 4.57 Å². The Balaban J connectivity index is 3.64. The van der Waals surface area contributed by atoms with Gasteiger partial charge in [-0.1, -0.05) is 12.7 Å². The minimum absolute atomic E-state index is 0.0880. The van der Waals surface area contributed by atoms with E-state index in [4.69, 9.17) is 0 Å². The van der Waals surface area contributed by atoms with Crippen LogP contribution in [0.3, 0.4) is 0 Å². The first kappa shape index (κ1) is 8.27. The zero-order valence-corrected chi connectivity index (χ0v) is 7.57. The van der Waals surface area contributed by atoms with Gasteiger partial charge in [-0.25, -0.2) is 0 Å². The van der Waals surface area contributed by atoms with Crippen LogP contribution in [0, 0.1) is 0 Å².